The van der Waals surface area contributed by atoms with Gasteiger partial charge in [-0.3, -0.25) is 9.32 Å². The number of rotatable bonds is 13. The van der Waals surface area contributed by atoms with E-state index in [9.17, 15) is 18.9 Å². The van der Waals surface area contributed by atoms with E-state index in [4.69, 9.17) is 28.0 Å². The number of carbonyl (C=O) groups is 3. The number of nitrogens with one attached hydrogen (secondary N) is 2. The predicted octanol–water partition coefficient (Wildman–Crippen LogP) is 6.43. The van der Waals surface area contributed by atoms with E-state index >= 15 is 0 Å². The first-order valence-electron chi connectivity index (χ1n) is 16.0. The van der Waals surface area contributed by atoms with Crippen LogP contribution in [0.5, 0.6) is 5.75 Å². The van der Waals surface area contributed by atoms with E-state index < -0.39 is 55.5 Å². The molecule has 4 rings (SSSR count). The summed E-state index contributed by atoms with van der Waals surface area (Å²) in [6.45, 7) is 8.09. The van der Waals surface area contributed by atoms with E-state index in [1.165, 1.54) is 13.7 Å². The SMILES string of the molecule is CNC(=O)OCc1ccc(OP(C)(=O)OC2C(NC(=O)OCC(c3ccccc3)c3ccccc3)[C@H](C)O[C@@H]2COC(=O)C(C)(C)C)cc1. The second-order valence-electron chi connectivity index (χ2n) is 12.8. The van der Waals surface area contributed by atoms with Crippen LogP contribution in [0.1, 0.15) is 50.3 Å². The van der Waals surface area contributed by atoms with Crippen molar-refractivity contribution in [3.8, 4) is 5.75 Å². The minimum absolute atomic E-state index is 0.0351. The molecule has 3 aromatic carbocycles. The van der Waals surface area contributed by atoms with E-state index in [-0.39, 0.29) is 31.5 Å². The minimum atomic E-state index is -3.86. The molecule has 1 fully saturated rings. The summed E-state index contributed by atoms with van der Waals surface area (Å²) in [5.41, 5.74) is 1.89. The van der Waals surface area contributed by atoms with Crippen LogP contribution in [0.3, 0.4) is 0 Å². The van der Waals surface area contributed by atoms with Crippen molar-refractivity contribution in [1.82, 2.24) is 10.6 Å². The van der Waals surface area contributed by atoms with Crippen LogP contribution in [0.25, 0.3) is 0 Å². The van der Waals surface area contributed by atoms with Crippen LogP contribution >= 0.6 is 7.60 Å². The minimum Gasteiger partial charge on any atom is -0.462 e. The molecule has 1 saturated heterocycles. The number of hydrogen-bond donors (Lipinski definition) is 2. The van der Waals surface area contributed by atoms with Crippen molar-refractivity contribution in [1.29, 1.82) is 0 Å². The lowest BCUT2D eigenvalue weighted by atomic mass is 9.92. The molecular formula is C36H45N2O10P. The molecular weight excluding hydrogens is 651 g/mol. The molecule has 1 aliphatic rings. The summed E-state index contributed by atoms with van der Waals surface area (Å²) >= 11 is 0. The molecule has 264 valence electrons. The average molecular weight is 697 g/mol. The topological polar surface area (TPSA) is 148 Å². The molecule has 3 aromatic rings. The fraction of sp³-hybridized carbons (Fsp3) is 0.417. The molecule has 0 aliphatic carbocycles. The van der Waals surface area contributed by atoms with Crippen molar-refractivity contribution in [2.45, 2.75) is 64.6 Å². The van der Waals surface area contributed by atoms with Crippen molar-refractivity contribution in [3.63, 3.8) is 0 Å². The zero-order valence-electron chi connectivity index (χ0n) is 28.6. The normalized spacial score (nSPS) is 20.1. The number of carbonyl (C=O) groups excluding carboxylic acids is 3. The van der Waals surface area contributed by atoms with Crippen LogP contribution in [-0.4, -0.2) is 69.4 Å². The lowest BCUT2D eigenvalue weighted by Gasteiger charge is -2.28. The number of ether oxygens (including phenoxy) is 4. The van der Waals surface area contributed by atoms with E-state index in [1.54, 1.807) is 52.0 Å². The molecule has 3 unspecified atom stereocenters. The summed E-state index contributed by atoms with van der Waals surface area (Å²) in [7, 11) is -2.40. The van der Waals surface area contributed by atoms with Crippen molar-refractivity contribution < 1.29 is 46.9 Å². The monoisotopic (exact) mass is 696 g/mol. The third kappa shape index (κ3) is 11.1. The molecule has 13 heteroatoms. The van der Waals surface area contributed by atoms with E-state index in [0.717, 1.165) is 11.1 Å². The predicted molar refractivity (Wildman–Crippen MR) is 182 cm³/mol. The lowest BCUT2D eigenvalue weighted by Crippen LogP contribution is -2.49. The number of hydrogen-bond acceptors (Lipinski definition) is 10. The van der Waals surface area contributed by atoms with Crippen molar-refractivity contribution in [2.24, 2.45) is 5.41 Å². The summed E-state index contributed by atoms with van der Waals surface area (Å²) in [5.74, 6) is -0.426. The fourth-order valence-electron chi connectivity index (χ4n) is 5.17. The Labute approximate surface area is 287 Å². The Balaban J connectivity index is 1.47. The lowest BCUT2D eigenvalue weighted by molar-refractivity contribution is -0.158. The van der Waals surface area contributed by atoms with Gasteiger partial charge in [0, 0.05) is 19.6 Å². The summed E-state index contributed by atoms with van der Waals surface area (Å²) in [6, 6.07) is 25.1. The van der Waals surface area contributed by atoms with Crippen LogP contribution in [0, 0.1) is 5.41 Å². The zero-order chi connectivity index (χ0) is 35.6. The summed E-state index contributed by atoms with van der Waals surface area (Å²) in [6.07, 6.45) is -3.84. The van der Waals surface area contributed by atoms with Crippen molar-refractivity contribution in [3.05, 3.63) is 102 Å². The molecule has 1 heterocycles. The van der Waals surface area contributed by atoms with Gasteiger partial charge in [0.25, 0.3) is 0 Å². The van der Waals surface area contributed by atoms with Crippen molar-refractivity contribution in [2.75, 3.05) is 26.9 Å². The average Bonchev–Trinajstić information content (AvgIpc) is 3.35. The molecule has 2 amide bonds. The number of esters is 1. The third-order valence-corrected chi connectivity index (χ3v) is 8.93. The van der Waals surface area contributed by atoms with Crippen LogP contribution in [0.2, 0.25) is 0 Å². The zero-order valence-corrected chi connectivity index (χ0v) is 29.5. The summed E-state index contributed by atoms with van der Waals surface area (Å²) in [4.78, 5) is 37.3. The second-order valence-corrected chi connectivity index (χ2v) is 14.7. The number of alkyl carbamates (subject to hydrolysis) is 2. The number of benzene rings is 3. The van der Waals surface area contributed by atoms with E-state index in [2.05, 4.69) is 10.6 Å². The fourth-order valence-corrected chi connectivity index (χ4v) is 6.43. The van der Waals surface area contributed by atoms with Crippen LogP contribution in [0.15, 0.2) is 84.9 Å². The molecule has 0 spiro atoms. The van der Waals surface area contributed by atoms with Gasteiger partial charge in [-0.1, -0.05) is 72.8 Å². The molecule has 49 heavy (non-hydrogen) atoms. The smallest absolute Gasteiger partial charge is 0.407 e. The van der Waals surface area contributed by atoms with Gasteiger partial charge >= 0.3 is 25.8 Å². The first kappa shape index (κ1) is 37.4. The molecule has 2 N–H and O–H groups in total. The molecule has 0 saturated carbocycles. The second kappa shape index (κ2) is 16.8. The Hall–Kier alpha value is -4.38. The molecule has 0 bridgehead atoms. The maximum absolute atomic E-state index is 13.8. The largest absolute Gasteiger partial charge is 0.462 e. The quantitative estimate of drug-likeness (QED) is 0.116. The molecule has 0 radical (unpaired) electrons. The van der Waals surface area contributed by atoms with Gasteiger partial charge in [-0.15, -0.1) is 0 Å². The highest BCUT2D eigenvalue weighted by atomic mass is 31.2. The maximum atomic E-state index is 13.8. The van der Waals surface area contributed by atoms with Gasteiger partial charge in [0.15, 0.2) is 0 Å². The van der Waals surface area contributed by atoms with Gasteiger partial charge in [0.1, 0.15) is 37.8 Å². The van der Waals surface area contributed by atoms with Gasteiger partial charge < -0.3 is 34.1 Å². The highest BCUT2D eigenvalue weighted by Crippen LogP contribution is 2.48. The Bertz CT molecular complexity index is 1540. The van der Waals surface area contributed by atoms with E-state index in [1.807, 2.05) is 60.7 Å². The van der Waals surface area contributed by atoms with Crippen LogP contribution in [-0.2, 0) is 39.4 Å². The van der Waals surface area contributed by atoms with Crippen molar-refractivity contribution >= 4 is 25.8 Å². The highest BCUT2D eigenvalue weighted by Gasteiger charge is 2.48. The Morgan fingerprint density at radius 1 is 0.857 bits per heavy atom. The van der Waals surface area contributed by atoms with Crippen LogP contribution in [0.4, 0.5) is 9.59 Å². The van der Waals surface area contributed by atoms with Crippen LogP contribution < -0.4 is 15.2 Å². The van der Waals surface area contributed by atoms with Gasteiger partial charge in [0.05, 0.1) is 17.6 Å². The summed E-state index contributed by atoms with van der Waals surface area (Å²) in [5, 5.41) is 5.20. The standard InChI is InChI=1S/C36H45N2O10P/c1-24-31(38-35(41)45-22-29(26-13-9-7-10-14-26)27-15-11-8-12-16-27)32(30(46-24)23-43-33(39)36(2,3)4)48-49(6,42)47-28-19-17-25(18-20-28)21-44-34(40)37-5/h7-20,24,29-32H,21-23H2,1-6H3,(H,37,40)(H,38,41)/t24-,30+,31?,32?,49?/m0/s1. The maximum Gasteiger partial charge on any atom is 0.407 e. The Morgan fingerprint density at radius 2 is 1.45 bits per heavy atom. The Morgan fingerprint density at radius 3 is 2.00 bits per heavy atom. The molecule has 1 aliphatic heterocycles. The molecule has 5 atom stereocenters. The van der Waals surface area contributed by atoms with Gasteiger partial charge in [-0.25, -0.2) is 14.2 Å². The molecule has 12 nitrogen and oxygen atoms in total. The van der Waals surface area contributed by atoms with Gasteiger partial charge in [0.2, 0.25) is 0 Å². The molecule has 0 aromatic heterocycles. The third-order valence-electron chi connectivity index (χ3n) is 7.76. The Kier molecular flexibility index (Phi) is 12.9. The highest BCUT2D eigenvalue weighted by molar-refractivity contribution is 7.53. The van der Waals surface area contributed by atoms with Gasteiger partial charge in [-0.05, 0) is 56.5 Å². The van der Waals surface area contributed by atoms with Gasteiger partial charge in [-0.2, -0.15) is 0 Å². The first-order chi connectivity index (χ1) is 23.3. The van der Waals surface area contributed by atoms with E-state index in [0.29, 0.717) is 5.56 Å². The number of amides is 2. The summed E-state index contributed by atoms with van der Waals surface area (Å²) < 4.78 is 48.0. The first-order valence-corrected chi connectivity index (χ1v) is 18.0.